The molecule has 166 valence electrons. The number of rotatable bonds is 4. The van der Waals surface area contributed by atoms with Crippen molar-refractivity contribution in [1.82, 2.24) is 19.8 Å². The van der Waals surface area contributed by atoms with Crippen molar-refractivity contribution >= 4 is 11.8 Å². The molecule has 3 rings (SSSR count). The Morgan fingerprint density at radius 1 is 1.33 bits per heavy atom. The first kappa shape index (κ1) is 22.1. The molecule has 12 heteroatoms. The molecule has 3 atom stereocenters. The standard InChI is InChI=1S/C18H23F3N4O5/c1-10-8-24(15(29)22-13(10)27)9-12(26)25-7-6-17(5-3-4-11(17)25)23-14(28)16(2,30)18(19,20)21/h8,11,30H,3-7,9H2,1-2H3,(H,23,28)(H,22,27,29)/t11-,16?,17+/m0/s1. The van der Waals surface area contributed by atoms with E-state index in [0.29, 0.717) is 26.2 Å². The van der Waals surface area contributed by atoms with Crippen LogP contribution >= 0.6 is 0 Å². The Morgan fingerprint density at radius 3 is 2.63 bits per heavy atom. The Hall–Kier alpha value is -2.63. The van der Waals surface area contributed by atoms with E-state index in [4.69, 9.17) is 0 Å². The normalized spacial score (nSPS) is 25.7. The van der Waals surface area contributed by atoms with Crippen LogP contribution in [0, 0.1) is 6.92 Å². The van der Waals surface area contributed by atoms with Crippen LogP contribution in [0.2, 0.25) is 0 Å². The number of carbonyl (C=O) groups is 2. The second kappa shape index (κ2) is 7.25. The van der Waals surface area contributed by atoms with Crippen LogP contribution in [0.3, 0.4) is 0 Å². The lowest BCUT2D eigenvalue weighted by Gasteiger charge is -2.36. The van der Waals surface area contributed by atoms with Crippen molar-refractivity contribution in [1.29, 1.82) is 0 Å². The van der Waals surface area contributed by atoms with Gasteiger partial charge in [0.1, 0.15) is 6.54 Å². The monoisotopic (exact) mass is 432 g/mol. The molecule has 0 radical (unpaired) electrons. The first-order valence-corrected chi connectivity index (χ1v) is 9.50. The minimum Gasteiger partial charge on any atom is -0.373 e. The van der Waals surface area contributed by atoms with Crippen molar-refractivity contribution in [2.45, 2.75) is 69.4 Å². The summed E-state index contributed by atoms with van der Waals surface area (Å²) in [6, 6.07) is -0.544. The van der Waals surface area contributed by atoms with Gasteiger partial charge in [-0.2, -0.15) is 13.2 Å². The number of hydrogen-bond donors (Lipinski definition) is 3. The topological polar surface area (TPSA) is 124 Å². The molecule has 1 aromatic rings. The molecular weight excluding hydrogens is 409 g/mol. The number of halogens is 3. The molecule has 0 bridgehead atoms. The maximum atomic E-state index is 13.0. The second-order valence-electron chi connectivity index (χ2n) is 8.12. The minimum absolute atomic E-state index is 0.190. The lowest BCUT2D eigenvalue weighted by molar-refractivity contribution is -0.246. The molecule has 0 spiro atoms. The molecule has 2 heterocycles. The van der Waals surface area contributed by atoms with Crippen LogP contribution in [-0.2, 0) is 16.1 Å². The zero-order valence-electron chi connectivity index (χ0n) is 16.5. The zero-order chi connectivity index (χ0) is 22.5. The number of hydrogen-bond acceptors (Lipinski definition) is 5. The van der Waals surface area contributed by atoms with Crippen LogP contribution in [0.5, 0.6) is 0 Å². The summed E-state index contributed by atoms with van der Waals surface area (Å²) in [4.78, 5) is 52.0. The fourth-order valence-electron chi connectivity index (χ4n) is 4.23. The van der Waals surface area contributed by atoms with Crippen molar-refractivity contribution in [2.75, 3.05) is 6.54 Å². The summed E-state index contributed by atoms with van der Waals surface area (Å²) in [5, 5.41) is 12.0. The summed E-state index contributed by atoms with van der Waals surface area (Å²) < 4.78 is 40.1. The molecule has 1 aliphatic heterocycles. The predicted octanol–water partition coefficient (Wildman–Crippen LogP) is -0.202. The number of nitrogens with zero attached hydrogens (tertiary/aromatic N) is 2. The highest BCUT2D eigenvalue weighted by Gasteiger charge is 2.59. The molecule has 1 saturated carbocycles. The van der Waals surface area contributed by atoms with Gasteiger partial charge in [-0.25, -0.2) is 4.79 Å². The lowest BCUT2D eigenvalue weighted by atomic mass is 9.91. The minimum atomic E-state index is -5.14. The molecule has 0 aromatic carbocycles. The number of aromatic amines is 1. The van der Waals surface area contributed by atoms with Crippen molar-refractivity contribution in [3.8, 4) is 0 Å². The van der Waals surface area contributed by atoms with Gasteiger partial charge in [-0.3, -0.25) is 23.9 Å². The van der Waals surface area contributed by atoms with Crippen molar-refractivity contribution in [3.05, 3.63) is 32.6 Å². The number of amides is 2. The Balaban J connectivity index is 1.78. The number of H-pyrrole nitrogens is 1. The number of nitrogens with one attached hydrogen (secondary N) is 2. The third-order valence-electron chi connectivity index (χ3n) is 6.08. The Kier molecular flexibility index (Phi) is 5.34. The van der Waals surface area contributed by atoms with E-state index in [1.54, 1.807) is 0 Å². The van der Waals surface area contributed by atoms with Gasteiger partial charge in [-0.15, -0.1) is 0 Å². The van der Waals surface area contributed by atoms with E-state index in [9.17, 15) is 37.5 Å². The average molecular weight is 432 g/mol. The molecule has 3 N–H and O–H groups in total. The van der Waals surface area contributed by atoms with E-state index in [1.807, 2.05) is 0 Å². The highest BCUT2D eigenvalue weighted by molar-refractivity contribution is 5.86. The summed E-state index contributed by atoms with van der Waals surface area (Å²) in [7, 11) is 0. The average Bonchev–Trinajstić information content (AvgIpc) is 3.16. The van der Waals surface area contributed by atoms with Crippen LogP contribution in [0.1, 0.15) is 38.2 Å². The van der Waals surface area contributed by atoms with Crippen LogP contribution in [0.4, 0.5) is 13.2 Å². The Labute approximate surface area is 168 Å². The van der Waals surface area contributed by atoms with Gasteiger partial charge >= 0.3 is 11.9 Å². The highest BCUT2D eigenvalue weighted by Crippen LogP contribution is 2.42. The van der Waals surface area contributed by atoms with E-state index in [1.165, 1.54) is 18.0 Å². The van der Waals surface area contributed by atoms with Gasteiger partial charge in [0, 0.05) is 18.3 Å². The quantitative estimate of drug-likeness (QED) is 0.608. The number of aliphatic hydroxyl groups is 1. The molecule has 1 saturated heterocycles. The summed E-state index contributed by atoms with van der Waals surface area (Å²) in [6.07, 6.45) is -2.21. The zero-order valence-corrected chi connectivity index (χ0v) is 16.5. The first-order chi connectivity index (χ1) is 13.8. The fraction of sp³-hybridized carbons (Fsp3) is 0.667. The predicted molar refractivity (Wildman–Crippen MR) is 97.6 cm³/mol. The lowest BCUT2D eigenvalue weighted by Crippen LogP contribution is -2.63. The molecule has 1 aliphatic carbocycles. The molecule has 1 unspecified atom stereocenters. The molecule has 2 aliphatic rings. The Morgan fingerprint density at radius 2 is 2.00 bits per heavy atom. The highest BCUT2D eigenvalue weighted by atomic mass is 19.4. The largest absolute Gasteiger partial charge is 0.426 e. The smallest absolute Gasteiger partial charge is 0.373 e. The number of aryl methyl sites for hydroxylation is 1. The van der Waals surface area contributed by atoms with E-state index in [0.717, 1.165) is 4.57 Å². The summed E-state index contributed by atoms with van der Waals surface area (Å²) in [5.74, 6) is -2.00. The van der Waals surface area contributed by atoms with Crippen LogP contribution in [-0.4, -0.2) is 61.3 Å². The van der Waals surface area contributed by atoms with Gasteiger partial charge in [0.05, 0.1) is 11.6 Å². The molecule has 9 nitrogen and oxygen atoms in total. The molecule has 2 fully saturated rings. The molecule has 1 aromatic heterocycles. The van der Waals surface area contributed by atoms with Crippen molar-refractivity contribution < 1.29 is 27.9 Å². The van der Waals surface area contributed by atoms with Gasteiger partial charge in [0.2, 0.25) is 11.5 Å². The van der Waals surface area contributed by atoms with Gasteiger partial charge in [0.15, 0.2) is 0 Å². The number of aromatic nitrogens is 2. The van der Waals surface area contributed by atoms with Crippen molar-refractivity contribution in [3.63, 3.8) is 0 Å². The van der Waals surface area contributed by atoms with Gasteiger partial charge < -0.3 is 15.3 Å². The third kappa shape index (κ3) is 3.64. The fourth-order valence-corrected chi connectivity index (χ4v) is 4.23. The van der Waals surface area contributed by atoms with Gasteiger partial charge in [-0.05, 0) is 39.5 Å². The SMILES string of the molecule is Cc1cn(CC(=O)N2CC[C@]3(NC(=O)C(C)(O)C(F)(F)F)CCC[C@H]23)c(=O)[nH]c1=O. The molecular formula is C18H23F3N4O5. The summed E-state index contributed by atoms with van der Waals surface area (Å²) in [6.45, 7) is 1.72. The number of alkyl halides is 3. The van der Waals surface area contributed by atoms with E-state index in [2.05, 4.69) is 10.3 Å². The number of carbonyl (C=O) groups excluding carboxylic acids is 2. The molecule has 30 heavy (non-hydrogen) atoms. The second-order valence-corrected chi connectivity index (χ2v) is 8.12. The molecule has 2 amide bonds. The maximum Gasteiger partial charge on any atom is 0.426 e. The van der Waals surface area contributed by atoms with Crippen molar-refractivity contribution in [2.24, 2.45) is 0 Å². The summed E-state index contributed by atoms with van der Waals surface area (Å²) in [5.41, 5.74) is -5.66. The first-order valence-electron chi connectivity index (χ1n) is 9.50. The van der Waals surface area contributed by atoms with Gasteiger partial charge in [-0.1, -0.05) is 0 Å². The van der Waals surface area contributed by atoms with Crippen LogP contribution < -0.4 is 16.6 Å². The van der Waals surface area contributed by atoms with Crippen LogP contribution in [0.15, 0.2) is 15.8 Å². The maximum absolute atomic E-state index is 13.0. The number of likely N-dealkylation sites (tertiary alicyclic amines) is 1. The Bertz CT molecular complexity index is 983. The summed E-state index contributed by atoms with van der Waals surface area (Å²) >= 11 is 0. The van der Waals surface area contributed by atoms with Crippen LogP contribution in [0.25, 0.3) is 0 Å². The third-order valence-corrected chi connectivity index (χ3v) is 6.08. The van der Waals surface area contributed by atoms with E-state index in [-0.39, 0.29) is 25.1 Å². The van der Waals surface area contributed by atoms with E-state index < -0.39 is 46.4 Å². The number of fused-ring (bicyclic) bond motifs is 1. The van der Waals surface area contributed by atoms with E-state index >= 15 is 0 Å². The van der Waals surface area contributed by atoms with Gasteiger partial charge in [0.25, 0.3) is 11.5 Å².